The molecule has 0 spiro atoms. The molecule has 0 radical (unpaired) electrons. The molecule has 0 bridgehead atoms. The second-order valence-corrected chi connectivity index (χ2v) is 4.54. The van der Waals surface area contributed by atoms with E-state index < -0.39 is 17.0 Å². The molecule has 1 aromatic carbocycles. The van der Waals surface area contributed by atoms with Crippen LogP contribution in [0.25, 0.3) is 0 Å². The van der Waals surface area contributed by atoms with Gasteiger partial charge in [0.05, 0.1) is 12.5 Å². The smallest absolute Gasteiger partial charge is 0.312 e. The molecule has 1 saturated carbocycles. The lowest BCUT2D eigenvalue weighted by Crippen LogP contribution is -2.41. The quantitative estimate of drug-likeness (QED) is 0.759. The first-order valence-corrected chi connectivity index (χ1v) is 5.60. The number of methoxy groups -OCH3 is 1. The maximum Gasteiger partial charge on any atom is 0.312 e. The van der Waals surface area contributed by atoms with Gasteiger partial charge < -0.3 is 4.74 Å². The molecule has 0 saturated heterocycles. The minimum atomic E-state index is -0.649. The molecule has 2 rings (SSSR count). The molecule has 0 heterocycles. The average Bonchev–Trinajstić information content (AvgIpc) is 2.27. The molecule has 4 heteroatoms. The van der Waals surface area contributed by atoms with E-state index in [4.69, 9.17) is 4.74 Å². The summed E-state index contributed by atoms with van der Waals surface area (Å²) in [7, 11) is 1.32. The summed E-state index contributed by atoms with van der Waals surface area (Å²) in [5, 5.41) is 0. The molecule has 0 atom stereocenters. The standard InChI is InChI=1S/C13H14F2O2/c1-17-12(16)13(5-2-6-13)8-9-7-10(14)3-4-11(9)15/h3-4,7H,2,5-6,8H2,1H3. The SMILES string of the molecule is COC(=O)C1(Cc2cc(F)ccc2F)CCC1. The van der Waals surface area contributed by atoms with E-state index in [0.29, 0.717) is 12.8 Å². The summed E-state index contributed by atoms with van der Waals surface area (Å²) < 4.78 is 31.3. The average molecular weight is 240 g/mol. The first kappa shape index (κ1) is 12.0. The van der Waals surface area contributed by atoms with E-state index in [1.54, 1.807) is 0 Å². The third-order valence-electron chi connectivity index (χ3n) is 3.47. The highest BCUT2D eigenvalue weighted by atomic mass is 19.1. The zero-order valence-corrected chi connectivity index (χ0v) is 9.63. The van der Waals surface area contributed by atoms with Crippen molar-refractivity contribution in [2.24, 2.45) is 5.41 Å². The van der Waals surface area contributed by atoms with Crippen molar-refractivity contribution in [3.63, 3.8) is 0 Å². The largest absolute Gasteiger partial charge is 0.469 e. The molecular weight excluding hydrogens is 226 g/mol. The summed E-state index contributed by atoms with van der Waals surface area (Å²) in [5.74, 6) is -1.28. The fourth-order valence-corrected chi connectivity index (χ4v) is 2.32. The van der Waals surface area contributed by atoms with Crippen LogP contribution in [0.5, 0.6) is 0 Å². The Morgan fingerprint density at radius 3 is 2.65 bits per heavy atom. The fraction of sp³-hybridized carbons (Fsp3) is 0.462. The Labute approximate surface area is 98.6 Å². The van der Waals surface area contributed by atoms with Crippen molar-refractivity contribution < 1.29 is 18.3 Å². The summed E-state index contributed by atoms with van der Waals surface area (Å²) in [4.78, 5) is 11.7. The van der Waals surface area contributed by atoms with E-state index in [1.165, 1.54) is 7.11 Å². The number of halogens is 2. The van der Waals surface area contributed by atoms with Gasteiger partial charge >= 0.3 is 5.97 Å². The zero-order valence-electron chi connectivity index (χ0n) is 9.63. The normalized spacial score (nSPS) is 17.4. The van der Waals surface area contributed by atoms with E-state index in [0.717, 1.165) is 24.6 Å². The number of ether oxygens (including phenoxy) is 1. The highest BCUT2D eigenvalue weighted by Gasteiger charge is 2.45. The van der Waals surface area contributed by atoms with Crippen LogP contribution < -0.4 is 0 Å². The van der Waals surface area contributed by atoms with Crippen molar-refractivity contribution in [1.29, 1.82) is 0 Å². The Morgan fingerprint density at radius 1 is 1.41 bits per heavy atom. The Hall–Kier alpha value is -1.45. The van der Waals surface area contributed by atoms with E-state index >= 15 is 0 Å². The molecule has 0 aliphatic heterocycles. The number of hydrogen-bond acceptors (Lipinski definition) is 2. The van der Waals surface area contributed by atoms with Crippen molar-refractivity contribution in [3.8, 4) is 0 Å². The molecule has 92 valence electrons. The van der Waals surface area contributed by atoms with Gasteiger partial charge in [0.2, 0.25) is 0 Å². The third kappa shape index (κ3) is 2.16. The topological polar surface area (TPSA) is 26.3 Å². The zero-order chi connectivity index (χ0) is 12.5. The molecule has 0 aromatic heterocycles. The molecule has 0 unspecified atom stereocenters. The van der Waals surface area contributed by atoms with Crippen molar-refractivity contribution in [1.82, 2.24) is 0 Å². The van der Waals surface area contributed by atoms with Crippen LogP contribution in [0.2, 0.25) is 0 Å². The third-order valence-corrected chi connectivity index (χ3v) is 3.47. The minimum Gasteiger partial charge on any atom is -0.469 e. The van der Waals surface area contributed by atoms with Gasteiger partial charge in [-0.15, -0.1) is 0 Å². The van der Waals surface area contributed by atoms with Gasteiger partial charge in [0.15, 0.2) is 0 Å². The maximum absolute atomic E-state index is 13.5. The molecular formula is C13H14F2O2. The van der Waals surface area contributed by atoms with Gasteiger partial charge in [0.25, 0.3) is 0 Å². The first-order valence-electron chi connectivity index (χ1n) is 5.60. The lowest BCUT2D eigenvalue weighted by atomic mass is 9.65. The molecule has 1 fully saturated rings. The van der Waals surface area contributed by atoms with E-state index in [1.807, 2.05) is 0 Å². The number of rotatable bonds is 3. The van der Waals surface area contributed by atoms with Crippen LogP contribution in [0, 0.1) is 17.0 Å². The van der Waals surface area contributed by atoms with E-state index in [9.17, 15) is 13.6 Å². The molecule has 1 aliphatic carbocycles. The van der Waals surface area contributed by atoms with Crippen LogP contribution in [0.1, 0.15) is 24.8 Å². The Bertz CT molecular complexity index is 439. The van der Waals surface area contributed by atoms with Crippen LogP contribution in [-0.4, -0.2) is 13.1 Å². The summed E-state index contributed by atoms with van der Waals surface area (Å²) in [6.07, 6.45) is 2.49. The van der Waals surface area contributed by atoms with Gasteiger partial charge in [0, 0.05) is 0 Å². The second-order valence-electron chi connectivity index (χ2n) is 4.54. The second kappa shape index (κ2) is 4.43. The highest BCUT2D eigenvalue weighted by molar-refractivity contribution is 5.78. The lowest BCUT2D eigenvalue weighted by molar-refractivity contribution is -0.158. The Balaban J connectivity index is 2.24. The first-order chi connectivity index (χ1) is 8.07. The van der Waals surface area contributed by atoms with Crippen LogP contribution >= 0.6 is 0 Å². The Kier molecular flexibility index (Phi) is 3.13. The fourth-order valence-electron chi connectivity index (χ4n) is 2.32. The van der Waals surface area contributed by atoms with Crippen LogP contribution in [0.3, 0.4) is 0 Å². The van der Waals surface area contributed by atoms with Crippen LogP contribution in [-0.2, 0) is 16.0 Å². The van der Waals surface area contributed by atoms with Crippen molar-refractivity contribution in [2.45, 2.75) is 25.7 Å². The van der Waals surface area contributed by atoms with Crippen molar-refractivity contribution >= 4 is 5.97 Å². The van der Waals surface area contributed by atoms with Crippen molar-refractivity contribution in [2.75, 3.05) is 7.11 Å². The summed E-state index contributed by atoms with van der Waals surface area (Å²) in [5.41, 5.74) is -0.404. The van der Waals surface area contributed by atoms with Gasteiger partial charge in [-0.1, -0.05) is 6.42 Å². The summed E-state index contributed by atoms with van der Waals surface area (Å²) in [6, 6.07) is 3.32. The molecule has 1 aromatic rings. The van der Waals surface area contributed by atoms with Gasteiger partial charge in [-0.2, -0.15) is 0 Å². The van der Waals surface area contributed by atoms with Gasteiger partial charge in [-0.3, -0.25) is 4.79 Å². The van der Waals surface area contributed by atoms with Crippen molar-refractivity contribution in [3.05, 3.63) is 35.4 Å². The summed E-state index contributed by atoms with van der Waals surface area (Å²) >= 11 is 0. The number of benzene rings is 1. The number of hydrogen-bond donors (Lipinski definition) is 0. The highest BCUT2D eigenvalue weighted by Crippen LogP contribution is 2.45. The van der Waals surface area contributed by atoms with Gasteiger partial charge in [-0.25, -0.2) is 8.78 Å². The van der Waals surface area contributed by atoms with E-state index in [-0.39, 0.29) is 18.0 Å². The molecule has 0 N–H and O–H groups in total. The predicted molar refractivity (Wildman–Crippen MR) is 58.4 cm³/mol. The number of esters is 1. The molecule has 1 aliphatic rings. The van der Waals surface area contributed by atoms with Gasteiger partial charge in [-0.05, 0) is 43.0 Å². The molecule has 17 heavy (non-hydrogen) atoms. The lowest BCUT2D eigenvalue weighted by Gasteiger charge is -2.39. The number of carbonyl (C=O) groups is 1. The maximum atomic E-state index is 13.5. The minimum absolute atomic E-state index is 0.212. The number of carbonyl (C=O) groups excluding carboxylic acids is 1. The monoisotopic (exact) mass is 240 g/mol. The predicted octanol–water partition coefficient (Wildman–Crippen LogP) is 2.85. The molecule has 2 nitrogen and oxygen atoms in total. The summed E-state index contributed by atoms with van der Waals surface area (Å²) in [6.45, 7) is 0. The van der Waals surface area contributed by atoms with Crippen LogP contribution in [0.15, 0.2) is 18.2 Å². The van der Waals surface area contributed by atoms with E-state index in [2.05, 4.69) is 0 Å². The van der Waals surface area contributed by atoms with Crippen LogP contribution in [0.4, 0.5) is 8.78 Å². The van der Waals surface area contributed by atoms with Gasteiger partial charge in [0.1, 0.15) is 11.6 Å². The molecule has 0 amide bonds. The Morgan fingerprint density at radius 2 is 2.12 bits per heavy atom.